The molecule has 1 aromatic carbocycles. The standard InChI is InChI=1S/C21H31N3O5S/c1-14(2)21(3,24-18(26)16(10-11-30)22-13-25)20(28)23-17(19(27)29-4)12-15-8-6-5-7-9-15/h5-9,13-14,16-17,30H,10-12H2,1-4H3,(H,22,25)(H,23,28)(H,24,26)/t16-,17-,21+/m0/s1. The van der Waals surface area contributed by atoms with E-state index in [0.29, 0.717) is 18.6 Å². The predicted octanol–water partition coefficient (Wildman–Crippen LogP) is 0.852. The summed E-state index contributed by atoms with van der Waals surface area (Å²) in [5.74, 6) is -1.52. The molecule has 3 atom stereocenters. The van der Waals surface area contributed by atoms with Crippen molar-refractivity contribution in [3.8, 4) is 0 Å². The molecule has 0 aliphatic carbocycles. The summed E-state index contributed by atoms with van der Waals surface area (Å²) in [6.45, 7) is 5.15. The molecule has 0 aromatic heterocycles. The summed E-state index contributed by atoms with van der Waals surface area (Å²) in [7, 11) is 1.25. The maximum atomic E-state index is 13.2. The lowest BCUT2D eigenvalue weighted by molar-refractivity contribution is -0.146. The first-order valence-electron chi connectivity index (χ1n) is 9.74. The van der Waals surface area contributed by atoms with E-state index in [1.165, 1.54) is 7.11 Å². The van der Waals surface area contributed by atoms with Crippen LogP contribution in [0.15, 0.2) is 30.3 Å². The van der Waals surface area contributed by atoms with Gasteiger partial charge in [-0.3, -0.25) is 14.4 Å². The zero-order valence-corrected chi connectivity index (χ0v) is 18.7. The van der Waals surface area contributed by atoms with E-state index < -0.39 is 35.4 Å². The topological polar surface area (TPSA) is 114 Å². The lowest BCUT2D eigenvalue weighted by atomic mass is 9.86. The van der Waals surface area contributed by atoms with Crippen molar-refractivity contribution in [1.29, 1.82) is 0 Å². The van der Waals surface area contributed by atoms with Gasteiger partial charge in [-0.05, 0) is 30.6 Å². The Kier molecular flexibility index (Phi) is 10.4. The molecule has 3 amide bonds. The minimum absolute atomic E-state index is 0.246. The minimum atomic E-state index is -1.32. The molecule has 0 heterocycles. The smallest absolute Gasteiger partial charge is 0.328 e. The van der Waals surface area contributed by atoms with Crippen LogP contribution in [0, 0.1) is 5.92 Å². The molecule has 166 valence electrons. The summed E-state index contributed by atoms with van der Waals surface area (Å²) in [6.07, 6.45) is 0.992. The van der Waals surface area contributed by atoms with Crippen LogP contribution in [0.25, 0.3) is 0 Å². The molecule has 0 aliphatic heterocycles. The van der Waals surface area contributed by atoms with Crippen molar-refractivity contribution in [3.63, 3.8) is 0 Å². The first-order chi connectivity index (χ1) is 14.2. The lowest BCUT2D eigenvalue weighted by Gasteiger charge is -2.35. The van der Waals surface area contributed by atoms with Gasteiger partial charge in [0, 0.05) is 6.42 Å². The fourth-order valence-electron chi connectivity index (χ4n) is 2.80. The Morgan fingerprint density at radius 2 is 1.80 bits per heavy atom. The van der Waals surface area contributed by atoms with Crippen LogP contribution >= 0.6 is 12.6 Å². The van der Waals surface area contributed by atoms with Gasteiger partial charge in [0.2, 0.25) is 18.2 Å². The molecule has 1 rings (SSSR count). The molecule has 0 saturated heterocycles. The van der Waals surface area contributed by atoms with Crippen LogP contribution in [-0.4, -0.2) is 54.7 Å². The van der Waals surface area contributed by atoms with E-state index in [4.69, 9.17) is 4.74 Å². The Bertz CT molecular complexity index is 729. The molecule has 0 spiro atoms. The number of amides is 3. The molecule has 9 heteroatoms. The quantitative estimate of drug-likeness (QED) is 0.220. The highest BCUT2D eigenvalue weighted by Gasteiger charge is 2.41. The normalized spacial score (nSPS) is 14.7. The monoisotopic (exact) mass is 437 g/mol. The van der Waals surface area contributed by atoms with Gasteiger partial charge in [-0.15, -0.1) is 0 Å². The number of carbonyl (C=O) groups excluding carboxylic acids is 4. The summed E-state index contributed by atoms with van der Waals surface area (Å²) in [5.41, 5.74) is -0.466. The zero-order valence-electron chi connectivity index (χ0n) is 17.8. The Morgan fingerprint density at radius 1 is 1.17 bits per heavy atom. The van der Waals surface area contributed by atoms with E-state index in [1.807, 2.05) is 30.3 Å². The molecule has 1 aromatic rings. The van der Waals surface area contributed by atoms with E-state index in [1.54, 1.807) is 20.8 Å². The van der Waals surface area contributed by atoms with Crippen LogP contribution in [0.5, 0.6) is 0 Å². The number of nitrogens with one attached hydrogen (secondary N) is 3. The van der Waals surface area contributed by atoms with Gasteiger partial charge >= 0.3 is 5.97 Å². The van der Waals surface area contributed by atoms with Crippen LogP contribution in [0.1, 0.15) is 32.8 Å². The van der Waals surface area contributed by atoms with Gasteiger partial charge in [-0.2, -0.15) is 12.6 Å². The van der Waals surface area contributed by atoms with Crippen LogP contribution in [-0.2, 0) is 30.3 Å². The van der Waals surface area contributed by atoms with Crippen molar-refractivity contribution in [3.05, 3.63) is 35.9 Å². The summed E-state index contributed by atoms with van der Waals surface area (Å²) < 4.78 is 4.84. The lowest BCUT2D eigenvalue weighted by Crippen LogP contribution is -2.64. The van der Waals surface area contributed by atoms with Gasteiger partial charge in [0.1, 0.15) is 17.6 Å². The van der Waals surface area contributed by atoms with Crippen molar-refractivity contribution in [2.45, 2.75) is 51.2 Å². The summed E-state index contributed by atoms with van der Waals surface area (Å²) in [5, 5.41) is 7.88. The number of hydrogen-bond acceptors (Lipinski definition) is 6. The number of methoxy groups -OCH3 is 1. The maximum absolute atomic E-state index is 13.2. The molecule has 0 fully saturated rings. The van der Waals surface area contributed by atoms with E-state index in [9.17, 15) is 19.2 Å². The van der Waals surface area contributed by atoms with Crippen LogP contribution < -0.4 is 16.0 Å². The molecule has 0 radical (unpaired) electrons. The average Bonchev–Trinajstić information content (AvgIpc) is 2.72. The number of ether oxygens (including phenoxy) is 1. The highest BCUT2D eigenvalue weighted by Crippen LogP contribution is 2.18. The SMILES string of the molecule is COC(=O)[C@H](Cc1ccccc1)NC(=O)[C@](C)(NC(=O)[C@H](CCS)NC=O)C(C)C. The third kappa shape index (κ3) is 7.05. The summed E-state index contributed by atoms with van der Waals surface area (Å²) in [4.78, 5) is 48.9. The number of hydrogen-bond donors (Lipinski definition) is 4. The third-order valence-electron chi connectivity index (χ3n) is 5.09. The first-order valence-corrected chi connectivity index (χ1v) is 10.4. The Labute approximate surface area is 182 Å². The van der Waals surface area contributed by atoms with E-state index in [2.05, 4.69) is 28.6 Å². The fraction of sp³-hybridized carbons (Fsp3) is 0.524. The molecule has 0 bridgehead atoms. The third-order valence-corrected chi connectivity index (χ3v) is 5.34. The van der Waals surface area contributed by atoms with Crippen molar-refractivity contribution in [2.24, 2.45) is 5.92 Å². The highest BCUT2D eigenvalue weighted by molar-refractivity contribution is 7.80. The van der Waals surface area contributed by atoms with Crippen LogP contribution in [0.4, 0.5) is 0 Å². The molecular formula is C21H31N3O5S. The zero-order chi connectivity index (χ0) is 22.7. The van der Waals surface area contributed by atoms with Gasteiger partial charge in [0.05, 0.1) is 7.11 Å². The molecule has 0 unspecified atom stereocenters. The molecule has 8 nitrogen and oxygen atoms in total. The van der Waals surface area contributed by atoms with Crippen molar-refractivity contribution in [1.82, 2.24) is 16.0 Å². The first kappa shape index (κ1) is 25.5. The van der Waals surface area contributed by atoms with E-state index >= 15 is 0 Å². The van der Waals surface area contributed by atoms with Crippen molar-refractivity contribution in [2.75, 3.05) is 12.9 Å². The van der Waals surface area contributed by atoms with Gasteiger partial charge in [0.15, 0.2) is 0 Å². The number of rotatable bonds is 12. The number of carbonyl (C=O) groups is 4. The average molecular weight is 438 g/mol. The summed E-state index contributed by atoms with van der Waals surface area (Å²) >= 11 is 4.10. The second-order valence-corrected chi connectivity index (χ2v) is 7.88. The predicted molar refractivity (Wildman–Crippen MR) is 117 cm³/mol. The second kappa shape index (κ2) is 12.2. The molecule has 3 N–H and O–H groups in total. The minimum Gasteiger partial charge on any atom is -0.467 e. The molecule has 0 saturated carbocycles. The Balaban J connectivity index is 3.04. The van der Waals surface area contributed by atoms with Gasteiger partial charge in [0.25, 0.3) is 0 Å². The highest BCUT2D eigenvalue weighted by atomic mass is 32.1. The van der Waals surface area contributed by atoms with Gasteiger partial charge < -0.3 is 20.7 Å². The van der Waals surface area contributed by atoms with Crippen LogP contribution in [0.3, 0.4) is 0 Å². The van der Waals surface area contributed by atoms with Crippen molar-refractivity contribution < 1.29 is 23.9 Å². The number of benzene rings is 1. The Morgan fingerprint density at radius 3 is 2.30 bits per heavy atom. The van der Waals surface area contributed by atoms with Crippen molar-refractivity contribution >= 4 is 36.8 Å². The molecular weight excluding hydrogens is 406 g/mol. The number of thiol groups is 1. The second-order valence-electron chi connectivity index (χ2n) is 7.43. The maximum Gasteiger partial charge on any atom is 0.328 e. The largest absolute Gasteiger partial charge is 0.467 e. The van der Waals surface area contributed by atoms with E-state index in [0.717, 1.165) is 5.56 Å². The van der Waals surface area contributed by atoms with Gasteiger partial charge in [-0.25, -0.2) is 4.79 Å². The van der Waals surface area contributed by atoms with E-state index in [-0.39, 0.29) is 12.3 Å². The molecule has 30 heavy (non-hydrogen) atoms. The molecule has 0 aliphatic rings. The number of esters is 1. The Hall–Kier alpha value is -2.55. The fourth-order valence-corrected chi connectivity index (χ4v) is 3.06. The van der Waals surface area contributed by atoms with Crippen LogP contribution in [0.2, 0.25) is 0 Å². The summed E-state index contributed by atoms with van der Waals surface area (Å²) in [6, 6.07) is 7.50. The van der Waals surface area contributed by atoms with Gasteiger partial charge in [-0.1, -0.05) is 44.2 Å².